The normalized spacial score (nSPS) is 16.9. The number of thioether (sulfide) groups is 1. The predicted octanol–water partition coefficient (Wildman–Crippen LogP) is 6.95. The number of nitrogens with one attached hydrogen (secondary N) is 1. The van der Waals surface area contributed by atoms with Gasteiger partial charge in [-0.15, -0.1) is 0 Å². The molecule has 1 N–H and O–H groups in total. The standard InChI is InChI=1S/C35H34N4OS/c1-37-29(16-15-28-23-26-9-2-4-11-31(26)36-28)24-27(30-10-3-5-12-32(30)37)25-35-39(33-13-6-7-14-34(33)41-35)18-8-17-38-19-21-40-22-20-38/h2-7,9-16,23-25H,8,17-22H2,1H3/p+1/b35-25-. The third-order valence-electron chi connectivity index (χ3n) is 8.13. The number of anilines is 1. The molecule has 0 unspecified atom stereocenters. The largest absolute Gasteiger partial charge is 0.379 e. The van der Waals surface area contributed by atoms with E-state index in [1.807, 2.05) is 11.8 Å². The molecular weight excluding hydrogens is 524 g/mol. The number of hydrogen-bond acceptors (Lipinski definition) is 4. The van der Waals surface area contributed by atoms with Gasteiger partial charge < -0.3 is 14.6 Å². The highest BCUT2D eigenvalue weighted by atomic mass is 32.2. The van der Waals surface area contributed by atoms with Crippen molar-refractivity contribution in [3.05, 3.63) is 107 Å². The van der Waals surface area contributed by atoms with Crippen molar-refractivity contribution in [2.75, 3.05) is 44.3 Å². The number of benzene rings is 3. The Hall–Kier alpha value is -3.84. The minimum Gasteiger partial charge on any atom is -0.379 e. The van der Waals surface area contributed by atoms with Crippen LogP contribution in [0, 0.1) is 0 Å². The zero-order chi connectivity index (χ0) is 27.6. The summed E-state index contributed by atoms with van der Waals surface area (Å²) in [6.45, 7) is 5.88. The van der Waals surface area contributed by atoms with E-state index >= 15 is 0 Å². The van der Waals surface area contributed by atoms with Crippen molar-refractivity contribution >= 4 is 57.5 Å². The molecule has 7 rings (SSSR count). The van der Waals surface area contributed by atoms with Crippen LogP contribution < -0.4 is 9.47 Å². The van der Waals surface area contributed by atoms with Crippen molar-refractivity contribution in [1.29, 1.82) is 0 Å². The first-order chi connectivity index (χ1) is 20.2. The van der Waals surface area contributed by atoms with Gasteiger partial charge >= 0.3 is 0 Å². The lowest BCUT2D eigenvalue weighted by atomic mass is 10.1. The molecule has 0 spiro atoms. The van der Waals surface area contributed by atoms with E-state index in [4.69, 9.17) is 4.74 Å². The molecule has 3 aromatic carbocycles. The summed E-state index contributed by atoms with van der Waals surface area (Å²) >= 11 is 1.88. The summed E-state index contributed by atoms with van der Waals surface area (Å²) in [6, 6.07) is 30.5. The van der Waals surface area contributed by atoms with Gasteiger partial charge in [0.25, 0.3) is 0 Å². The second kappa shape index (κ2) is 11.6. The van der Waals surface area contributed by atoms with Gasteiger partial charge in [0, 0.05) is 60.5 Å². The molecule has 2 aromatic heterocycles. The summed E-state index contributed by atoms with van der Waals surface area (Å²) < 4.78 is 7.83. The Morgan fingerprint density at radius 1 is 0.902 bits per heavy atom. The molecule has 2 aliphatic rings. The van der Waals surface area contributed by atoms with Gasteiger partial charge in [0.05, 0.1) is 29.3 Å². The van der Waals surface area contributed by atoms with Crippen LogP contribution in [0.3, 0.4) is 0 Å². The Labute approximate surface area is 245 Å². The average Bonchev–Trinajstić information content (AvgIpc) is 3.59. The number of ether oxygens (including phenoxy) is 1. The quantitative estimate of drug-likeness (QED) is 0.219. The number of hydrogen-bond donors (Lipinski definition) is 1. The SMILES string of the molecule is C[n+]1c(/C=C/c2cc3ccccc3[nH]2)cc(/C=C2\Sc3ccccc3N2CCCN2CCOCC2)c2ccccc21. The maximum atomic E-state index is 5.55. The first kappa shape index (κ1) is 26.1. The summed E-state index contributed by atoms with van der Waals surface area (Å²) in [4.78, 5) is 9.90. The van der Waals surface area contributed by atoms with E-state index in [-0.39, 0.29) is 0 Å². The number of H-pyrrole nitrogens is 1. The van der Waals surface area contributed by atoms with E-state index in [0.717, 1.165) is 62.7 Å². The Morgan fingerprint density at radius 3 is 2.61 bits per heavy atom. The number of pyridine rings is 1. The Morgan fingerprint density at radius 2 is 1.71 bits per heavy atom. The molecule has 0 aliphatic carbocycles. The number of morpholine rings is 1. The average molecular weight is 560 g/mol. The van der Waals surface area contributed by atoms with Gasteiger partial charge in [0.1, 0.15) is 7.05 Å². The van der Waals surface area contributed by atoms with E-state index in [1.54, 1.807) is 0 Å². The lowest BCUT2D eigenvalue weighted by Crippen LogP contribution is -2.37. The van der Waals surface area contributed by atoms with Crippen LogP contribution in [0.1, 0.15) is 23.4 Å². The predicted molar refractivity (Wildman–Crippen MR) is 172 cm³/mol. The molecule has 5 nitrogen and oxygen atoms in total. The molecule has 206 valence electrons. The first-order valence-corrected chi connectivity index (χ1v) is 15.3. The van der Waals surface area contributed by atoms with Crippen LogP contribution in [0.4, 0.5) is 5.69 Å². The van der Waals surface area contributed by atoms with Crippen LogP contribution in [-0.2, 0) is 11.8 Å². The molecule has 1 fully saturated rings. The molecule has 0 bridgehead atoms. The van der Waals surface area contributed by atoms with E-state index in [9.17, 15) is 0 Å². The van der Waals surface area contributed by atoms with Crippen LogP contribution in [0.25, 0.3) is 40.0 Å². The highest BCUT2D eigenvalue weighted by Gasteiger charge is 2.25. The molecule has 41 heavy (non-hydrogen) atoms. The number of aromatic nitrogens is 2. The Bertz CT molecular complexity index is 1730. The van der Waals surface area contributed by atoms with Gasteiger partial charge in [-0.05, 0) is 59.9 Å². The van der Waals surface area contributed by atoms with Gasteiger partial charge in [0.15, 0.2) is 0 Å². The lowest BCUT2D eigenvalue weighted by molar-refractivity contribution is -0.646. The lowest BCUT2D eigenvalue weighted by Gasteiger charge is -2.28. The fraction of sp³-hybridized carbons (Fsp3) is 0.229. The zero-order valence-electron chi connectivity index (χ0n) is 23.4. The molecule has 4 heterocycles. The minimum atomic E-state index is 0.850. The molecule has 6 heteroatoms. The van der Waals surface area contributed by atoms with E-state index < -0.39 is 0 Å². The third kappa shape index (κ3) is 5.43. The molecule has 0 saturated carbocycles. The molecule has 1 saturated heterocycles. The molecular formula is C35H35N4OS+. The fourth-order valence-electron chi connectivity index (χ4n) is 5.92. The third-order valence-corrected chi connectivity index (χ3v) is 9.24. The fourth-order valence-corrected chi connectivity index (χ4v) is 7.06. The molecule has 0 atom stereocenters. The number of rotatable bonds is 7. The topological polar surface area (TPSA) is 35.4 Å². The van der Waals surface area contributed by atoms with Crippen molar-refractivity contribution in [2.45, 2.75) is 11.3 Å². The van der Waals surface area contributed by atoms with Crippen LogP contribution in [0.2, 0.25) is 0 Å². The molecule has 2 aliphatic heterocycles. The Kier molecular flexibility index (Phi) is 7.36. The molecule has 0 amide bonds. The molecule has 5 aromatic rings. The van der Waals surface area contributed by atoms with Gasteiger partial charge in [0.2, 0.25) is 11.2 Å². The summed E-state index contributed by atoms with van der Waals surface area (Å²) in [6.07, 6.45) is 7.91. The van der Waals surface area contributed by atoms with E-state index in [1.165, 1.54) is 37.5 Å². The van der Waals surface area contributed by atoms with Gasteiger partial charge in [-0.1, -0.05) is 54.2 Å². The monoisotopic (exact) mass is 559 g/mol. The van der Waals surface area contributed by atoms with Crippen LogP contribution in [0.15, 0.2) is 94.9 Å². The van der Waals surface area contributed by atoms with E-state index in [0.29, 0.717) is 0 Å². The van der Waals surface area contributed by atoms with Gasteiger partial charge in [-0.3, -0.25) is 4.90 Å². The second-order valence-electron chi connectivity index (χ2n) is 10.8. The van der Waals surface area contributed by atoms with Crippen molar-refractivity contribution in [3.8, 4) is 0 Å². The number of aryl methyl sites for hydroxylation is 1. The summed E-state index contributed by atoms with van der Waals surface area (Å²) in [5.74, 6) is 0. The van der Waals surface area contributed by atoms with Crippen molar-refractivity contribution in [1.82, 2.24) is 9.88 Å². The highest BCUT2D eigenvalue weighted by molar-refractivity contribution is 8.03. The maximum Gasteiger partial charge on any atom is 0.213 e. The highest BCUT2D eigenvalue weighted by Crippen LogP contribution is 2.46. The smallest absolute Gasteiger partial charge is 0.213 e. The second-order valence-corrected chi connectivity index (χ2v) is 11.8. The van der Waals surface area contributed by atoms with Crippen LogP contribution >= 0.6 is 11.8 Å². The van der Waals surface area contributed by atoms with Crippen LogP contribution in [-0.4, -0.2) is 49.3 Å². The van der Waals surface area contributed by atoms with Crippen molar-refractivity contribution in [2.24, 2.45) is 7.05 Å². The minimum absolute atomic E-state index is 0.850. The van der Waals surface area contributed by atoms with Gasteiger partial charge in [-0.25, -0.2) is 0 Å². The summed E-state index contributed by atoms with van der Waals surface area (Å²) in [5, 5.41) is 3.78. The molecule has 0 radical (unpaired) electrons. The number of fused-ring (bicyclic) bond motifs is 3. The van der Waals surface area contributed by atoms with Crippen molar-refractivity contribution in [3.63, 3.8) is 0 Å². The van der Waals surface area contributed by atoms with E-state index in [2.05, 4.69) is 130 Å². The summed E-state index contributed by atoms with van der Waals surface area (Å²) in [5.41, 5.74) is 7.20. The number of nitrogens with zero attached hydrogens (tertiary/aromatic N) is 3. The zero-order valence-corrected chi connectivity index (χ0v) is 24.2. The van der Waals surface area contributed by atoms with Crippen LogP contribution in [0.5, 0.6) is 0 Å². The number of para-hydroxylation sites is 3. The Balaban J connectivity index is 1.23. The maximum absolute atomic E-state index is 5.55. The summed E-state index contributed by atoms with van der Waals surface area (Å²) in [7, 11) is 2.16. The van der Waals surface area contributed by atoms with Gasteiger partial charge in [-0.2, -0.15) is 4.57 Å². The number of aromatic amines is 1. The first-order valence-electron chi connectivity index (χ1n) is 14.5. The van der Waals surface area contributed by atoms with Crippen molar-refractivity contribution < 1.29 is 9.30 Å².